The lowest BCUT2D eigenvalue weighted by molar-refractivity contribution is 0.108. The maximum absolute atomic E-state index is 9.81. The lowest BCUT2D eigenvalue weighted by Crippen LogP contribution is -2.44. The minimum atomic E-state index is -0.197. The highest BCUT2D eigenvalue weighted by molar-refractivity contribution is 4.83. The molecule has 96 valence electrons. The van der Waals surface area contributed by atoms with Gasteiger partial charge in [-0.3, -0.25) is 0 Å². The molecule has 1 aliphatic carbocycles. The van der Waals surface area contributed by atoms with E-state index in [1.54, 1.807) is 0 Å². The highest BCUT2D eigenvalue weighted by Crippen LogP contribution is 2.31. The molecule has 0 aromatic heterocycles. The van der Waals surface area contributed by atoms with E-state index in [1.807, 2.05) is 0 Å². The molecular weight excluding hydrogens is 198 g/mol. The number of hydrogen-bond donors (Lipinski definition) is 2. The first kappa shape index (κ1) is 14.0. The van der Waals surface area contributed by atoms with E-state index >= 15 is 0 Å². The number of aliphatic hydroxyl groups excluding tert-OH is 1. The van der Waals surface area contributed by atoms with Crippen LogP contribution in [0, 0.1) is 17.8 Å². The van der Waals surface area contributed by atoms with Crippen molar-refractivity contribution >= 4 is 0 Å². The van der Waals surface area contributed by atoms with Gasteiger partial charge in [0.25, 0.3) is 0 Å². The van der Waals surface area contributed by atoms with Gasteiger partial charge in [-0.05, 0) is 37.0 Å². The lowest BCUT2D eigenvalue weighted by Gasteiger charge is -2.35. The highest BCUT2D eigenvalue weighted by atomic mass is 16.3. The maximum Gasteiger partial charge on any atom is 0.0687 e. The molecule has 0 spiro atoms. The molecule has 0 heterocycles. The van der Waals surface area contributed by atoms with Crippen LogP contribution in [0.4, 0.5) is 0 Å². The Hall–Kier alpha value is -0.0800. The van der Waals surface area contributed by atoms with Gasteiger partial charge in [0, 0.05) is 12.6 Å². The molecular formula is C14H29NO. The van der Waals surface area contributed by atoms with Crippen LogP contribution in [0.3, 0.4) is 0 Å². The smallest absolute Gasteiger partial charge is 0.0687 e. The molecule has 0 aromatic carbocycles. The van der Waals surface area contributed by atoms with Gasteiger partial charge in [-0.2, -0.15) is 0 Å². The molecule has 0 aromatic rings. The van der Waals surface area contributed by atoms with Gasteiger partial charge in [0.05, 0.1) is 6.10 Å². The van der Waals surface area contributed by atoms with Crippen LogP contribution in [0.25, 0.3) is 0 Å². The van der Waals surface area contributed by atoms with Gasteiger partial charge in [0.15, 0.2) is 0 Å². The van der Waals surface area contributed by atoms with Crippen LogP contribution in [0.2, 0.25) is 0 Å². The van der Waals surface area contributed by atoms with Crippen molar-refractivity contribution in [2.24, 2.45) is 17.8 Å². The average Bonchev–Trinajstić information content (AvgIpc) is 2.26. The van der Waals surface area contributed by atoms with Crippen molar-refractivity contribution in [1.29, 1.82) is 0 Å². The number of nitrogens with one attached hydrogen (secondary N) is 1. The van der Waals surface area contributed by atoms with E-state index < -0.39 is 0 Å². The summed E-state index contributed by atoms with van der Waals surface area (Å²) in [5.74, 6) is 2.05. The Kier molecular flexibility index (Phi) is 5.77. The molecule has 1 rings (SSSR count). The van der Waals surface area contributed by atoms with Crippen LogP contribution in [-0.2, 0) is 0 Å². The maximum atomic E-state index is 9.81. The second kappa shape index (κ2) is 6.61. The molecule has 2 heteroatoms. The minimum absolute atomic E-state index is 0.197. The van der Waals surface area contributed by atoms with Crippen LogP contribution in [0.5, 0.6) is 0 Å². The SMILES string of the molecule is CCC1CC(C)CCC1NCC(O)C(C)C. The molecule has 0 aliphatic heterocycles. The standard InChI is InChI=1S/C14H29NO/c1-5-12-8-11(4)6-7-13(12)15-9-14(16)10(2)3/h10-16H,5-9H2,1-4H3. The molecule has 0 bridgehead atoms. The molecule has 2 N–H and O–H groups in total. The monoisotopic (exact) mass is 227 g/mol. The first-order valence-electron chi connectivity index (χ1n) is 6.96. The van der Waals surface area contributed by atoms with Gasteiger partial charge < -0.3 is 10.4 Å². The minimum Gasteiger partial charge on any atom is -0.392 e. The predicted octanol–water partition coefficient (Wildman–Crippen LogP) is 2.81. The highest BCUT2D eigenvalue weighted by Gasteiger charge is 2.27. The van der Waals surface area contributed by atoms with Crippen molar-refractivity contribution in [1.82, 2.24) is 5.32 Å². The molecule has 16 heavy (non-hydrogen) atoms. The number of hydrogen-bond acceptors (Lipinski definition) is 2. The van der Waals surface area contributed by atoms with Crippen LogP contribution >= 0.6 is 0 Å². The quantitative estimate of drug-likeness (QED) is 0.757. The van der Waals surface area contributed by atoms with Crippen LogP contribution in [0.15, 0.2) is 0 Å². The summed E-state index contributed by atoms with van der Waals surface area (Å²) >= 11 is 0. The van der Waals surface area contributed by atoms with Crippen LogP contribution < -0.4 is 5.32 Å². The molecule has 4 unspecified atom stereocenters. The summed E-state index contributed by atoms with van der Waals surface area (Å²) in [5, 5.41) is 13.4. The molecule has 1 aliphatic rings. The summed E-state index contributed by atoms with van der Waals surface area (Å²) in [6, 6.07) is 0.634. The molecule has 0 amide bonds. The lowest BCUT2D eigenvalue weighted by atomic mass is 9.77. The fraction of sp³-hybridized carbons (Fsp3) is 1.00. The van der Waals surface area contributed by atoms with E-state index in [-0.39, 0.29) is 6.10 Å². The van der Waals surface area contributed by atoms with Crippen molar-refractivity contribution in [3.05, 3.63) is 0 Å². The van der Waals surface area contributed by atoms with Gasteiger partial charge in [0.1, 0.15) is 0 Å². The van der Waals surface area contributed by atoms with Crippen LogP contribution in [-0.4, -0.2) is 23.8 Å². The largest absolute Gasteiger partial charge is 0.392 e. The Morgan fingerprint density at radius 2 is 2.00 bits per heavy atom. The Morgan fingerprint density at radius 3 is 2.56 bits per heavy atom. The van der Waals surface area contributed by atoms with E-state index in [1.165, 1.54) is 25.7 Å². The zero-order valence-electron chi connectivity index (χ0n) is 11.4. The Labute approximate surface area is 101 Å². The van der Waals surface area contributed by atoms with Gasteiger partial charge in [0.2, 0.25) is 0 Å². The second-order valence-corrected chi connectivity index (χ2v) is 5.91. The summed E-state index contributed by atoms with van der Waals surface area (Å²) < 4.78 is 0. The zero-order valence-corrected chi connectivity index (χ0v) is 11.4. The number of rotatable bonds is 5. The Bertz CT molecular complexity index is 193. The normalized spacial score (nSPS) is 33.0. The zero-order chi connectivity index (χ0) is 12.1. The Balaban J connectivity index is 2.34. The topological polar surface area (TPSA) is 32.3 Å². The molecule has 0 saturated heterocycles. The molecule has 1 fully saturated rings. The summed E-state index contributed by atoms with van der Waals surface area (Å²) in [7, 11) is 0. The van der Waals surface area contributed by atoms with Gasteiger partial charge >= 0.3 is 0 Å². The van der Waals surface area contributed by atoms with Crippen molar-refractivity contribution in [3.8, 4) is 0 Å². The fourth-order valence-electron chi connectivity index (χ4n) is 2.73. The molecule has 1 saturated carbocycles. The van der Waals surface area contributed by atoms with Crippen molar-refractivity contribution in [3.63, 3.8) is 0 Å². The van der Waals surface area contributed by atoms with Crippen molar-refractivity contribution < 1.29 is 5.11 Å². The van der Waals surface area contributed by atoms with Crippen molar-refractivity contribution in [2.45, 2.75) is 65.5 Å². The molecule has 4 atom stereocenters. The van der Waals surface area contributed by atoms with Gasteiger partial charge in [-0.25, -0.2) is 0 Å². The van der Waals surface area contributed by atoms with E-state index in [0.717, 1.165) is 18.4 Å². The van der Waals surface area contributed by atoms with E-state index in [2.05, 4.69) is 33.0 Å². The molecule has 2 nitrogen and oxygen atoms in total. The third-order valence-corrected chi connectivity index (χ3v) is 4.13. The Morgan fingerprint density at radius 1 is 1.31 bits per heavy atom. The first-order chi connectivity index (χ1) is 7.54. The van der Waals surface area contributed by atoms with Gasteiger partial charge in [-0.15, -0.1) is 0 Å². The van der Waals surface area contributed by atoms with Crippen molar-refractivity contribution in [2.75, 3.05) is 6.54 Å². The second-order valence-electron chi connectivity index (χ2n) is 5.91. The average molecular weight is 227 g/mol. The predicted molar refractivity (Wildman–Crippen MR) is 69.4 cm³/mol. The summed E-state index contributed by atoms with van der Waals surface area (Å²) in [6.45, 7) is 9.56. The molecule has 0 radical (unpaired) electrons. The third-order valence-electron chi connectivity index (χ3n) is 4.13. The third kappa shape index (κ3) is 4.06. The summed E-state index contributed by atoms with van der Waals surface area (Å²) in [4.78, 5) is 0. The first-order valence-corrected chi connectivity index (χ1v) is 6.96. The van der Waals surface area contributed by atoms with Gasteiger partial charge in [-0.1, -0.05) is 34.1 Å². The van der Waals surface area contributed by atoms with E-state index in [0.29, 0.717) is 12.0 Å². The van der Waals surface area contributed by atoms with Crippen LogP contribution in [0.1, 0.15) is 53.4 Å². The summed E-state index contributed by atoms with van der Waals surface area (Å²) in [5.41, 5.74) is 0. The summed E-state index contributed by atoms with van der Waals surface area (Å²) in [6.07, 6.45) is 5.04. The van der Waals surface area contributed by atoms with E-state index in [9.17, 15) is 5.11 Å². The van der Waals surface area contributed by atoms with E-state index in [4.69, 9.17) is 0 Å². The number of aliphatic hydroxyl groups is 1. The fourth-order valence-corrected chi connectivity index (χ4v) is 2.73.